The Kier molecular flexibility index (Phi) is 5.86. The minimum absolute atomic E-state index is 0.183. The number of nitrogens with one attached hydrogen (secondary N) is 1. The number of piperidine rings is 1. The lowest BCUT2D eigenvalue weighted by Crippen LogP contribution is -2.48. The van der Waals surface area contributed by atoms with E-state index in [4.69, 9.17) is 0 Å². The molecule has 23 heavy (non-hydrogen) atoms. The summed E-state index contributed by atoms with van der Waals surface area (Å²) in [7, 11) is -3.39. The van der Waals surface area contributed by atoms with Gasteiger partial charge in [0.25, 0.3) is 10.2 Å². The molecule has 6 nitrogen and oxygen atoms in total. The average Bonchev–Trinajstić information content (AvgIpc) is 2.73. The van der Waals surface area contributed by atoms with Gasteiger partial charge in [-0.2, -0.15) is 17.8 Å². The molecule has 1 aliphatic rings. The number of nitrogens with zero attached hydrogens (tertiary/aromatic N) is 3. The molecule has 7 heteroatoms. The molecule has 0 saturated carbocycles. The molecular formula is C16H30N4O2S. The van der Waals surface area contributed by atoms with Gasteiger partial charge in [0, 0.05) is 31.9 Å². The number of rotatable bonds is 6. The molecule has 1 aromatic heterocycles. The van der Waals surface area contributed by atoms with Crippen LogP contribution < -0.4 is 4.72 Å². The molecular weight excluding hydrogens is 312 g/mol. The molecule has 1 saturated heterocycles. The van der Waals surface area contributed by atoms with Gasteiger partial charge in [-0.15, -0.1) is 0 Å². The lowest BCUT2D eigenvalue weighted by atomic mass is 9.94. The number of aryl methyl sites for hydroxylation is 2. The van der Waals surface area contributed by atoms with Crippen LogP contribution in [0.3, 0.4) is 0 Å². The molecule has 0 aromatic carbocycles. The normalized spacial score (nSPS) is 24.7. The van der Waals surface area contributed by atoms with E-state index in [9.17, 15) is 8.42 Å². The topological polar surface area (TPSA) is 67.2 Å². The molecule has 1 aliphatic heterocycles. The first-order valence-corrected chi connectivity index (χ1v) is 9.87. The van der Waals surface area contributed by atoms with Crippen molar-refractivity contribution in [3.8, 4) is 0 Å². The van der Waals surface area contributed by atoms with E-state index >= 15 is 0 Å². The maximum absolute atomic E-state index is 12.5. The van der Waals surface area contributed by atoms with Gasteiger partial charge in [-0.05, 0) is 44.1 Å². The standard InChI is InChI=1S/C16H30N4O2S/c1-12-6-13(2)10-19(9-12)23(21,22)17-8-14(3)11-20-16(5)7-15(4)18-20/h7,12-14,17H,6,8-11H2,1-5H3/t12-,13+,14-/m0/s1. The van der Waals surface area contributed by atoms with Crippen molar-refractivity contribution in [3.63, 3.8) is 0 Å². The van der Waals surface area contributed by atoms with Crippen LogP contribution in [0, 0.1) is 31.6 Å². The molecule has 0 bridgehead atoms. The molecule has 3 atom stereocenters. The Morgan fingerprint density at radius 1 is 1.30 bits per heavy atom. The lowest BCUT2D eigenvalue weighted by Gasteiger charge is -2.34. The zero-order valence-corrected chi connectivity index (χ0v) is 15.7. The van der Waals surface area contributed by atoms with E-state index in [0.717, 1.165) is 24.4 Å². The summed E-state index contributed by atoms with van der Waals surface area (Å²) in [6.07, 6.45) is 1.10. The van der Waals surface area contributed by atoms with Gasteiger partial charge in [0.2, 0.25) is 0 Å². The summed E-state index contributed by atoms with van der Waals surface area (Å²) in [6, 6.07) is 2.04. The van der Waals surface area contributed by atoms with E-state index in [2.05, 4.69) is 23.7 Å². The van der Waals surface area contributed by atoms with E-state index in [0.29, 0.717) is 31.5 Å². The Morgan fingerprint density at radius 3 is 2.43 bits per heavy atom. The van der Waals surface area contributed by atoms with Crippen LogP contribution in [0.1, 0.15) is 38.6 Å². The third-order valence-corrected chi connectivity index (χ3v) is 5.89. The molecule has 2 heterocycles. The van der Waals surface area contributed by atoms with Gasteiger partial charge in [0.1, 0.15) is 0 Å². The fourth-order valence-electron chi connectivity index (χ4n) is 3.36. The Hall–Kier alpha value is -0.920. The first-order valence-electron chi connectivity index (χ1n) is 8.43. The van der Waals surface area contributed by atoms with Crippen molar-refractivity contribution in [2.24, 2.45) is 17.8 Å². The quantitative estimate of drug-likeness (QED) is 0.859. The van der Waals surface area contributed by atoms with Gasteiger partial charge in [-0.3, -0.25) is 4.68 Å². The molecule has 0 aliphatic carbocycles. The van der Waals surface area contributed by atoms with Crippen LogP contribution >= 0.6 is 0 Å². The summed E-state index contributed by atoms with van der Waals surface area (Å²) in [5, 5.41) is 4.43. The van der Waals surface area contributed by atoms with Crippen molar-refractivity contribution in [2.45, 2.75) is 47.6 Å². The molecule has 0 unspecified atom stereocenters. The average molecular weight is 343 g/mol. The van der Waals surface area contributed by atoms with Crippen molar-refractivity contribution in [1.82, 2.24) is 18.8 Å². The predicted molar refractivity (Wildman–Crippen MR) is 92.3 cm³/mol. The SMILES string of the molecule is Cc1cc(C)n(C[C@@H](C)CNS(=O)(=O)N2C[C@H](C)C[C@H](C)C2)n1. The minimum Gasteiger partial charge on any atom is -0.269 e. The monoisotopic (exact) mass is 342 g/mol. The Balaban J connectivity index is 1.89. The van der Waals surface area contributed by atoms with E-state index in [1.807, 2.05) is 31.5 Å². The summed E-state index contributed by atoms with van der Waals surface area (Å²) >= 11 is 0. The predicted octanol–water partition coefficient (Wildman–Crippen LogP) is 1.95. The van der Waals surface area contributed by atoms with Crippen molar-refractivity contribution in [2.75, 3.05) is 19.6 Å². The second kappa shape index (κ2) is 7.32. The molecule has 2 rings (SSSR count). The highest BCUT2D eigenvalue weighted by atomic mass is 32.2. The highest BCUT2D eigenvalue weighted by Gasteiger charge is 2.30. The molecule has 0 radical (unpaired) electrons. The van der Waals surface area contributed by atoms with Crippen LogP contribution in [0.5, 0.6) is 0 Å². The van der Waals surface area contributed by atoms with Gasteiger partial charge >= 0.3 is 0 Å². The van der Waals surface area contributed by atoms with Gasteiger partial charge < -0.3 is 0 Å². The highest BCUT2D eigenvalue weighted by molar-refractivity contribution is 7.87. The van der Waals surface area contributed by atoms with Crippen LogP contribution in [-0.4, -0.2) is 42.1 Å². The fraction of sp³-hybridized carbons (Fsp3) is 0.812. The van der Waals surface area contributed by atoms with Crippen LogP contribution in [0.25, 0.3) is 0 Å². The largest absolute Gasteiger partial charge is 0.279 e. The van der Waals surface area contributed by atoms with E-state index in [-0.39, 0.29) is 5.92 Å². The molecule has 0 spiro atoms. The van der Waals surface area contributed by atoms with Crippen LogP contribution in [0.2, 0.25) is 0 Å². The third-order valence-electron chi connectivity index (χ3n) is 4.38. The minimum atomic E-state index is -3.39. The maximum Gasteiger partial charge on any atom is 0.279 e. The van der Waals surface area contributed by atoms with Gasteiger partial charge in [-0.25, -0.2) is 4.72 Å². The zero-order valence-electron chi connectivity index (χ0n) is 14.9. The van der Waals surface area contributed by atoms with Gasteiger partial charge in [0.15, 0.2) is 0 Å². The van der Waals surface area contributed by atoms with Crippen LogP contribution in [0.4, 0.5) is 0 Å². The Morgan fingerprint density at radius 2 is 1.91 bits per heavy atom. The molecule has 1 N–H and O–H groups in total. The molecule has 1 aromatic rings. The van der Waals surface area contributed by atoms with Crippen LogP contribution in [0.15, 0.2) is 6.07 Å². The van der Waals surface area contributed by atoms with E-state index in [1.165, 1.54) is 0 Å². The van der Waals surface area contributed by atoms with Gasteiger partial charge in [-0.1, -0.05) is 20.8 Å². The zero-order chi connectivity index (χ0) is 17.2. The second-order valence-corrected chi connectivity index (χ2v) is 9.09. The lowest BCUT2D eigenvalue weighted by molar-refractivity contribution is 0.220. The fourth-order valence-corrected chi connectivity index (χ4v) is 4.94. The molecule has 0 amide bonds. The summed E-state index contributed by atoms with van der Waals surface area (Å²) < 4.78 is 31.3. The first kappa shape index (κ1) is 18.4. The Labute approximate surface area is 140 Å². The number of hydrogen-bond donors (Lipinski definition) is 1. The summed E-state index contributed by atoms with van der Waals surface area (Å²) in [5.74, 6) is 1.02. The van der Waals surface area contributed by atoms with Crippen molar-refractivity contribution in [3.05, 3.63) is 17.5 Å². The van der Waals surface area contributed by atoms with Crippen molar-refractivity contribution < 1.29 is 8.42 Å². The van der Waals surface area contributed by atoms with Gasteiger partial charge in [0.05, 0.1) is 5.69 Å². The summed E-state index contributed by atoms with van der Waals surface area (Å²) in [4.78, 5) is 0. The van der Waals surface area contributed by atoms with E-state index in [1.54, 1.807) is 4.31 Å². The highest BCUT2D eigenvalue weighted by Crippen LogP contribution is 2.22. The number of hydrogen-bond acceptors (Lipinski definition) is 3. The third kappa shape index (κ3) is 5.02. The molecule has 132 valence electrons. The second-order valence-electron chi connectivity index (χ2n) is 7.33. The maximum atomic E-state index is 12.5. The first-order chi connectivity index (χ1) is 10.7. The number of aromatic nitrogens is 2. The summed E-state index contributed by atoms with van der Waals surface area (Å²) in [6.45, 7) is 12.6. The Bertz CT molecular complexity index is 616. The van der Waals surface area contributed by atoms with E-state index < -0.39 is 10.2 Å². The van der Waals surface area contributed by atoms with Crippen molar-refractivity contribution >= 4 is 10.2 Å². The van der Waals surface area contributed by atoms with Crippen LogP contribution in [-0.2, 0) is 16.8 Å². The smallest absolute Gasteiger partial charge is 0.269 e. The summed E-state index contributed by atoms with van der Waals surface area (Å²) in [5.41, 5.74) is 2.10. The molecule has 1 fully saturated rings. The van der Waals surface area contributed by atoms with Crippen molar-refractivity contribution in [1.29, 1.82) is 0 Å².